The molecule has 2 aromatic carbocycles. The summed E-state index contributed by atoms with van der Waals surface area (Å²) in [6.45, 7) is 0.0317. The lowest BCUT2D eigenvalue weighted by molar-refractivity contribution is 0.0192. The van der Waals surface area contributed by atoms with Crippen LogP contribution >= 0.6 is 0 Å². The van der Waals surface area contributed by atoms with Gasteiger partial charge in [0.15, 0.2) is 0 Å². The molecule has 0 unspecified atom stereocenters. The molecule has 1 amide bonds. The molecule has 6 heteroatoms. The first-order chi connectivity index (χ1) is 10.2. The van der Waals surface area contributed by atoms with Crippen LogP contribution in [0.1, 0.15) is 15.9 Å². The Morgan fingerprint density at radius 1 is 1.00 bits per heavy atom. The van der Waals surface area contributed by atoms with Gasteiger partial charge in [0.25, 0.3) is 0 Å². The largest absolute Gasteiger partial charge is 0.443 e. The molecule has 0 aliphatic rings. The fourth-order valence-corrected chi connectivity index (χ4v) is 1.52. The average molecular weight is 289 g/mol. The summed E-state index contributed by atoms with van der Waals surface area (Å²) in [5, 5.41) is 0. The van der Waals surface area contributed by atoms with Crippen molar-refractivity contribution in [2.45, 2.75) is 6.61 Å². The first kappa shape index (κ1) is 14.5. The zero-order chi connectivity index (χ0) is 15.1. The molecule has 0 saturated carbocycles. The molecule has 0 aliphatic heterocycles. The predicted molar refractivity (Wildman–Crippen MR) is 71.6 cm³/mol. The number of carbonyl (C=O) groups is 2. The predicted octanol–water partition coefficient (Wildman–Crippen LogP) is 2.82. The molecule has 21 heavy (non-hydrogen) atoms. The van der Waals surface area contributed by atoms with Crippen LogP contribution < -0.4 is 5.48 Å². The van der Waals surface area contributed by atoms with Crippen molar-refractivity contribution in [1.82, 2.24) is 5.48 Å². The minimum Gasteiger partial charge on any atom is -0.443 e. The van der Waals surface area contributed by atoms with Crippen LogP contribution in [0.15, 0.2) is 54.6 Å². The quantitative estimate of drug-likeness (QED) is 0.882. The third-order valence-electron chi connectivity index (χ3n) is 2.53. The summed E-state index contributed by atoms with van der Waals surface area (Å²) in [6.07, 6.45) is -0.941. The lowest BCUT2D eigenvalue weighted by atomic mass is 10.2. The molecule has 0 bridgehead atoms. The van der Waals surface area contributed by atoms with E-state index in [2.05, 4.69) is 4.84 Å². The molecular weight excluding hydrogens is 277 g/mol. The minimum atomic E-state index is -1.01. The van der Waals surface area contributed by atoms with E-state index in [1.807, 2.05) is 6.07 Å². The Bertz CT molecular complexity index is 631. The fourth-order valence-electron chi connectivity index (χ4n) is 1.52. The van der Waals surface area contributed by atoms with Gasteiger partial charge in [-0.15, -0.1) is 5.48 Å². The van der Waals surface area contributed by atoms with Crippen LogP contribution in [0.2, 0.25) is 0 Å². The first-order valence-corrected chi connectivity index (χ1v) is 6.09. The van der Waals surface area contributed by atoms with Crippen LogP contribution in [0.25, 0.3) is 0 Å². The van der Waals surface area contributed by atoms with Crippen LogP contribution in [0.5, 0.6) is 0 Å². The van der Waals surface area contributed by atoms with Crippen LogP contribution in [0.4, 0.5) is 9.18 Å². The molecule has 0 radical (unpaired) electrons. The van der Waals surface area contributed by atoms with Crippen LogP contribution in [-0.4, -0.2) is 12.1 Å². The van der Waals surface area contributed by atoms with Crippen molar-refractivity contribution < 1.29 is 23.6 Å². The van der Waals surface area contributed by atoms with Crippen LogP contribution in [0.3, 0.4) is 0 Å². The Kier molecular flexibility index (Phi) is 4.87. The number of hydroxylamine groups is 1. The van der Waals surface area contributed by atoms with E-state index in [9.17, 15) is 14.0 Å². The number of benzene rings is 2. The number of ether oxygens (including phenoxy) is 1. The van der Waals surface area contributed by atoms with E-state index in [1.54, 1.807) is 29.7 Å². The van der Waals surface area contributed by atoms with E-state index in [0.717, 1.165) is 11.6 Å². The summed E-state index contributed by atoms with van der Waals surface area (Å²) >= 11 is 0. The second kappa shape index (κ2) is 7.04. The standard InChI is InChI=1S/C15H12FNO4/c16-13-9-5-4-8-12(13)14(18)21-17-15(19)20-10-11-6-2-1-3-7-11/h1-9H,10H2,(H,17,19). The second-order valence-corrected chi connectivity index (χ2v) is 4.03. The fraction of sp³-hybridized carbons (Fsp3) is 0.0667. The van der Waals surface area contributed by atoms with E-state index in [1.165, 1.54) is 18.2 Å². The highest BCUT2D eigenvalue weighted by atomic mass is 19.1. The maximum Gasteiger partial charge on any atom is 0.441 e. The smallest absolute Gasteiger partial charge is 0.441 e. The van der Waals surface area contributed by atoms with Crippen molar-refractivity contribution in [3.63, 3.8) is 0 Å². The molecular formula is C15H12FNO4. The van der Waals surface area contributed by atoms with Gasteiger partial charge in [0.05, 0.1) is 5.56 Å². The summed E-state index contributed by atoms with van der Waals surface area (Å²) in [4.78, 5) is 27.3. The number of halogens is 1. The van der Waals surface area contributed by atoms with Gasteiger partial charge in [0, 0.05) is 0 Å². The molecule has 0 fully saturated rings. The van der Waals surface area contributed by atoms with Gasteiger partial charge in [-0.25, -0.2) is 14.0 Å². The molecule has 0 saturated heterocycles. The van der Waals surface area contributed by atoms with E-state index < -0.39 is 17.9 Å². The number of hydrogen-bond donors (Lipinski definition) is 1. The van der Waals surface area contributed by atoms with Gasteiger partial charge in [-0.1, -0.05) is 42.5 Å². The average Bonchev–Trinajstić information content (AvgIpc) is 2.52. The van der Waals surface area contributed by atoms with Crippen molar-refractivity contribution in [2.24, 2.45) is 0 Å². The van der Waals surface area contributed by atoms with Crippen molar-refractivity contribution in [3.05, 3.63) is 71.5 Å². The molecule has 5 nitrogen and oxygen atoms in total. The number of rotatable bonds is 3. The van der Waals surface area contributed by atoms with Crippen molar-refractivity contribution in [2.75, 3.05) is 0 Å². The van der Waals surface area contributed by atoms with Crippen LogP contribution in [0, 0.1) is 5.82 Å². The molecule has 1 N–H and O–H groups in total. The topological polar surface area (TPSA) is 64.6 Å². The van der Waals surface area contributed by atoms with Crippen molar-refractivity contribution >= 4 is 12.1 Å². The summed E-state index contributed by atoms with van der Waals surface area (Å²) < 4.78 is 18.1. The number of amides is 1. The maximum atomic E-state index is 13.3. The normalized spacial score (nSPS) is 9.76. The molecule has 0 aromatic heterocycles. The zero-order valence-corrected chi connectivity index (χ0v) is 10.9. The third kappa shape index (κ3) is 4.31. The van der Waals surface area contributed by atoms with Crippen molar-refractivity contribution in [3.8, 4) is 0 Å². The summed E-state index contributed by atoms with van der Waals surface area (Å²) in [5.74, 6) is -1.74. The Morgan fingerprint density at radius 3 is 2.38 bits per heavy atom. The first-order valence-electron chi connectivity index (χ1n) is 6.09. The zero-order valence-electron chi connectivity index (χ0n) is 10.9. The minimum absolute atomic E-state index is 0.0317. The van der Waals surface area contributed by atoms with E-state index >= 15 is 0 Å². The Morgan fingerprint density at radius 2 is 1.67 bits per heavy atom. The monoisotopic (exact) mass is 289 g/mol. The van der Waals surface area contributed by atoms with Gasteiger partial charge in [-0.2, -0.15) is 0 Å². The summed E-state index contributed by atoms with van der Waals surface area (Å²) in [7, 11) is 0. The molecule has 2 rings (SSSR count). The van der Waals surface area contributed by atoms with Crippen LogP contribution in [-0.2, 0) is 16.2 Å². The molecule has 108 valence electrons. The Balaban J connectivity index is 1.79. The van der Waals surface area contributed by atoms with E-state index in [0.29, 0.717) is 0 Å². The molecule has 0 aliphatic carbocycles. The van der Waals surface area contributed by atoms with E-state index in [-0.39, 0.29) is 12.2 Å². The van der Waals surface area contributed by atoms with Gasteiger partial charge < -0.3 is 9.57 Å². The number of hydrogen-bond acceptors (Lipinski definition) is 4. The number of carbonyl (C=O) groups excluding carboxylic acids is 2. The van der Waals surface area contributed by atoms with Gasteiger partial charge in [-0.05, 0) is 17.7 Å². The highest BCUT2D eigenvalue weighted by molar-refractivity contribution is 5.90. The molecule has 2 aromatic rings. The summed E-state index contributed by atoms with van der Waals surface area (Å²) in [6, 6.07) is 14.3. The highest BCUT2D eigenvalue weighted by Gasteiger charge is 2.14. The maximum absolute atomic E-state index is 13.3. The Labute approximate surface area is 120 Å². The summed E-state index contributed by atoms with van der Waals surface area (Å²) in [5.41, 5.74) is 2.31. The Hall–Kier alpha value is -2.89. The highest BCUT2D eigenvalue weighted by Crippen LogP contribution is 2.07. The SMILES string of the molecule is O=C(NOC(=O)c1ccccc1F)OCc1ccccc1. The van der Waals surface area contributed by atoms with Gasteiger partial charge in [0.1, 0.15) is 12.4 Å². The van der Waals surface area contributed by atoms with E-state index in [4.69, 9.17) is 4.74 Å². The van der Waals surface area contributed by atoms with Gasteiger partial charge in [-0.3, -0.25) is 0 Å². The third-order valence-corrected chi connectivity index (χ3v) is 2.53. The lowest BCUT2D eigenvalue weighted by Gasteiger charge is -2.07. The van der Waals surface area contributed by atoms with Gasteiger partial charge in [0.2, 0.25) is 0 Å². The molecule has 0 heterocycles. The second-order valence-electron chi connectivity index (χ2n) is 4.03. The number of nitrogens with one attached hydrogen (secondary N) is 1. The van der Waals surface area contributed by atoms with Gasteiger partial charge >= 0.3 is 12.1 Å². The molecule has 0 spiro atoms. The van der Waals surface area contributed by atoms with Crippen molar-refractivity contribution in [1.29, 1.82) is 0 Å². The molecule has 0 atom stereocenters. The lowest BCUT2D eigenvalue weighted by Crippen LogP contribution is -2.28.